The van der Waals surface area contributed by atoms with Crippen LogP contribution in [0.25, 0.3) is 0 Å². The van der Waals surface area contributed by atoms with Gasteiger partial charge in [0.05, 0.1) is 13.2 Å². The summed E-state index contributed by atoms with van der Waals surface area (Å²) in [5.41, 5.74) is 1.14. The highest BCUT2D eigenvalue weighted by Gasteiger charge is 2.22. The van der Waals surface area contributed by atoms with Crippen LogP contribution < -0.4 is 10.6 Å². The number of hydrogen-bond donors (Lipinski definition) is 2. The van der Waals surface area contributed by atoms with Crippen LogP contribution in [0, 0.1) is 5.92 Å². The molecule has 168 valence electrons. The molecular formula is C23H39N5O2. The predicted molar refractivity (Wildman–Crippen MR) is 123 cm³/mol. The maximum Gasteiger partial charge on any atom is 0.224 e. The molecule has 0 aliphatic carbocycles. The van der Waals surface area contributed by atoms with Crippen molar-refractivity contribution in [3.05, 3.63) is 35.9 Å². The number of carbonyl (C=O) groups is 1. The van der Waals surface area contributed by atoms with Gasteiger partial charge in [0, 0.05) is 59.3 Å². The van der Waals surface area contributed by atoms with Crippen LogP contribution in [-0.4, -0.2) is 81.2 Å². The molecule has 1 fully saturated rings. The molecule has 0 spiro atoms. The number of nitrogens with zero attached hydrogens (tertiary/aromatic N) is 3. The van der Waals surface area contributed by atoms with E-state index >= 15 is 0 Å². The first-order chi connectivity index (χ1) is 14.5. The van der Waals surface area contributed by atoms with Crippen molar-refractivity contribution in [3.63, 3.8) is 0 Å². The summed E-state index contributed by atoms with van der Waals surface area (Å²) >= 11 is 0. The molecule has 1 heterocycles. The molecule has 1 aliphatic rings. The average Bonchev–Trinajstić information content (AvgIpc) is 2.76. The highest BCUT2D eigenvalue weighted by atomic mass is 16.5. The molecule has 0 radical (unpaired) electrons. The lowest BCUT2D eigenvalue weighted by Gasteiger charge is -2.35. The Kier molecular flexibility index (Phi) is 10.7. The molecule has 1 aliphatic heterocycles. The van der Waals surface area contributed by atoms with E-state index in [-0.39, 0.29) is 5.91 Å². The van der Waals surface area contributed by atoms with Gasteiger partial charge in [-0.2, -0.15) is 0 Å². The number of ether oxygens (including phenoxy) is 1. The standard InChI is InChI=1S/C23H39N5O2/c1-19(2)16-21(28-12-14-30-15-13-28)17-26-23(24-3)25-11-10-22(29)27(4)18-20-8-6-5-7-9-20/h5-9,19,21H,10-18H2,1-4H3,(H2,24,25,26). The third kappa shape index (κ3) is 8.71. The van der Waals surface area contributed by atoms with Crippen LogP contribution in [-0.2, 0) is 16.1 Å². The lowest BCUT2D eigenvalue weighted by atomic mass is 10.0. The van der Waals surface area contributed by atoms with E-state index in [9.17, 15) is 4.79 Å². The Bertz CT molecular complexity index is 644. The number of guanidine groups is 1. The second-order valence-corrected chi connectivity index (χ2v) is 8.30. The molecule has 1 aromatic carbocycles. The molecule has 0 bridgehead atoms. The highest BCUT2D eigenvalue weighted by molar-refractivity contribution is 5.81. The molecule has 1 saturated heterocycles. The number of benzene rings is 1. The van der Waals surface area contributed by atoms with Gasteiger partial charge in [-0.1, -0.05) is 44.2 Å². The van der Waals surface area contributed by atoms with Crippen LogP contribution >= 0.6 is 0 Å². The molecule has 7 heteroatoms. The largest absolute Gasteiger partial charge is 0.379 e. The fourth-order valence-corrected chi connectivity index (χ4v) is 3.71. The zero-order valence-corrected chi connectivity index (χ0v) is 19.1. The first-order valence-electron chi connectivity index (χ1n) is 11.0. The molecule has 1 amide bonds. The van der Waals surface area contributed by atoms with Crippen molar-refractivity contribution in [2.45, 2.75) is 39.3 Å². The van der Waals surface area contributed by atoms with Crippen LogP contribution in [0.2, 0.25) is 0 Å². The molecule has 0 saturated carbocycles. The molecule has 1 unspecified atom stereocenters. The third-order valence-electron chi connectivity index (χ3n) is 5.35. The van der Waals surface area contributed by atoms with E-state index in [0.29, 0.717) is 31.5 Å². The Labute approximate surface area is 181 Å². The minimum Gasteiger partial charge on any atom is -0.379 e. The van der Waals surface area contributed by atoms with E-state index in [1.807, 2.05) is 37.4 Å². The minimum absolute atomic E-state index is 0.118. The quantitative estimate of drug-likeness (QED) is 0.450. The van der Waals surface area contributed by atoms with Gasteiger partial charge in [-0.05, 0) is 17.9 Å². The van der Waals surface area contributed by atoms with Crippen LogP contribution in [0.3, 0.4) is 0 Å². The van der Waals surface area contributed by atoms with Crippen LogP contribution in [0.15, 0.2) is 35.3 Å². The zero-order valence-electron chi connectivity index (χ0n) is 19.1. The Balaban J connectivity index is 1.74. The van der Waals surface area contributed by atoms with Crippen molar-refractivity contribution in [2.24, 2.45) is 10.9 Å². The summed E-state index contributed by atoms with van der Waals surface area (Å²) in [5.74, 6) is 1.50. The monoisotopic (exact) mass is 417 g/mol. The number of amides is 1. The fraction of sp³-hybridized carbons (Fsp3) is 0.652. The van der Waals surface area contributed by atoms with Crippen molar-refractivity contribution in [3.8, 4) is 0 Å². The summed E-state index contributed by atoms with van der Waals surface area (Å²) in [6.07, 6.45) is 1.57. The van der Waals surface area contributed by atoms with Gasteiger partial charge in [-0.25, -0.2) is 0 Å². The van der Waals surface area contributed by atoms with E-state index in [1.165, 1.54) is 0 Å². The average molecular weight is 418 g/mol. The molecule has 30 heavy (non-hydrogen) atoms. The Morgan fingerprint density at radius 3 is 2.53 bits per heavy atom. The lowest BCUT2D eigenvalue weighted by Crippen LogP contribution is -2.51. The summed E-state index contributed by atoms with van der Waals surface area (Å²) in [6, 6.07) is 10.5. The van der Waals surface area contributed by atoms with Crippen molar-refractivity contribution in [1.29, 1.82) is 0 Å². The smallest absolute Gasteiger partial charge is 0.224 e. The summed E-state index contributed by atoms with van der Waals surface area (Å²) in [5, 5.41) is 6.73. The second kappa shape index (κ2) is 13.2. The van der Waals surface area contributed by atoms with Gasteiger partial charge in [0.15, 0.2) is 5.96 Å². The van der Waals surface area contributed by atoms with Gasteiger partial charge in [0.1, 0.15) is 0 Å². The van der Waals surface area contributed by atoms with E-state index in [0.717, 1.165) is 50.8 Å². The van der Waals surface area contributed by atoms with E-state index in [4.69, 9.17) is 4.74 Å². The van der Waals surface area contributed by atoms with Crippen molar-refractivity contribution in [2.75, 3.05) is 53.5 Å². The van der Waals surface area contributed by atoms with Gasteiger partial charge in [0.2, 0.25) is 5.91 Å². The lowest BCUT2D eigenvalue weighted by molar-refractivity contribution is -0.130. The third-order valence-corrected chi connectivity index (χ3v) is 5.35. The number of aliphatic imine (C=N–C) groups is 1. The number of morpholine rings is 1. The molecule has 7 nitrogen and oxygen atoms in total. The maximum absolute atomic E-state index is 12.4. The SMILES string of the molecule is CN=C(NCCC(=O)N(C)Cc1ccccc1)NCC(CC(C)C)N1CCOCC1. The van der Waals surface area contributed by atoms with Crippen molar-refractivity contribution < 1.29 is 9.53 Å². The predicted octanol–water partition coefficient (Wildman–Crippen LogP) is 1.95. The molecular weight excluding hydrogens is 378 g/mol. The van der Waals surface area contributed by atoms with Crippen molar-refractivity contribution >= 4 is 11.9 Å². The summed E-state index contributed by atoms with van der Waals surface area (Å²) in [7, 11) is 3.62. The Morgan fingerprint density at radius 1 is 1.20 bits per heavy atom. The van der Waals surface area contributed by atoms with Crippen LogP contribution in [0.4, 0.5) is 0 Å². The first kappa shape index (κ1) is 24.2. The fourth-order valence-electron chi connectivity index (χ4n) is 3.71. The topological polar surface area (TPSA) is 69.2 Å². The van der Waals surface area contributed by atoms with E-state index < -0.39 is 0 Å². The van der Waals surface area contributed by atoms with Crippen molar-refractivity contribution in [1.82, 2.24) is 20.4 Å². The Hall–Kier alpha value is -2.12. The normalized spacial score (nSPS) is 16.4. The number of rotatable bonds is 10. The van der Waals surface area contributed by atoms with Gasteiger partial charge in [-0.3, -0.25) is 14.7 Å². The number of carbonyl (C=O) groups excluding carboxylic acids is 1. The van der Waals surface area contributed by atoms with Gasteiger partial charge < -0.3 is 20.3 Å². The molecule has 0 aromatic heterocycles. The molecule has 1 atom stereocenters. The van der Waals surface area contributed by atoms with Gasteiger partial charge >= 0.3 is 0 Å². The van der Waals surface area contributed by atoms with Gasteiger partial charge in [0.25, 0.3) is 0 Å². The zero-order chi connectivity index (χ0) is 21.8. The molecule has 2 rings (SSSR count). The van der Waals surface area contributed by atoms with Crippen LogP contribution in [0.1, 0.15) is 32.3 Å². The molecule has 1 aromatic rings. The summed E-state index contributed by atoms with van der Waals surface area (Å²) < 4.78 is 5.50. The van der Waals surface area contributed by atoms with E-state index in [1.54, 1.807) is 11.9 Å². The van der Waals surface area contributed by atoms with Crippen LogP contribution in [0.5, 0.6) is 0 Å². The van der Waals surface area contributed by atoms with Gasteiger partial charge in [-0.15, -0.1) is 0 Å². The highest BCUT2D eigenvalue weighted by Crippen LogP contribution is 2.13. The minimum atomic E-state index is 0.118. The van der Waals surface area contributed by atoms with E-state index in [2.05, 4.69) is 34.4 Å². The number of hydrogen-bond acceptors (Lipinski definition) is 4. The maximum atomic E-state index is 12.4. The molecule has 2 N–H and O–H groups in total. The summed E-state index contributed by atoms with van der Waals surface area (Å²) in [4.78, 5) is 21.0. The second-order valence-electron chi connectivity index (χ2n) is 8.30. The summed E-state index contributed by atoms with van der Waals surface area (Å²) in [6.45, 7) is 10.1. The first-order valence-corrected chi connectivity index (χ1v) is 11.0. The Morgan fingerprint density at radius 2 is 1.90 bits per heavy atom. The number of nitrogens with one attached hydrogen (secondary N) is 2.